The summed E-state index contributed by atoms with van der Waals surface area (Å²) in [5.41, 5.74) is -1.37. The van der Waals surface area contributed by atoms with E-state index in [1.807, 2.05) is 63.3 Å². The van der Waals surface area contributed by atoms with E-state index in [9.17, 15) is 24.3 Å². The number of fused-ring (bicyclic) bond motifs is 2. The molecule has 42 heavy (non-hydrogen) atoms. The van der Waals surface area contributed by atoms with Gasteiger partial charge in [0.25, 0.3) is 0 Å². The van der Waals surface area contributed by atoms with Crippen LogP contribution < -0.4 is 5.32 Å². The monoisotopic (exact) mass is 643 g/mol. The maximum absolute atomic E-state index is 14.5. The van der Waals surface area contributed by atoms with Crippen LogP contribution in [-0.2, 0) is 28.7 Å². The number of aliphatic hydroxyl groups is 1. The number of allylic oxidation sites excluding steroid dienone is 1. The lowest BCUT2D eigenvalue weighted by Crippen LogP contribution is -2.61. The summed E-state index contributed by atoms with van der Waals surface area (Å²) in [6, 6.07) is 7.29. The van der Waals surface area contributed by atoms with E-state index < -0.39 is 59.1 Å². The third kappa shape index (κ3) is 5.20. The van der Waals surface area contributed by atoms with Crippen LogP contribution in [0.2, 0.25) is 0 Å². The van der Waals surface area contributed by atoms with Crippen molar-refractivity contribution < 1.29 is 33.8 Å². The van der Waals surface area contributed by atoms with Crippen LogP contribution in [0.4, 0.5) is 0 Å². The molecular formula is C31H38BrN3O7. The van der Waals surface area contributed by atoms with Crippen molar-refractivity contribution in [3.63, 3.8) is 0 Å². The molecule has 4 aliphatic heterocycles. The Kier molecular flexibility index (Phi) is 8.39. The van der Waals surface area contributed by atoms with Crippen LogP contribution in [-0.4, -0.2) is 87.6 Å². The molecule has 0 radical (unpaired) electrons. The van der Waals surface area contributed by atoms with Crippen molar-refractivity contribution in [2.45, 2.75) is 76.0 Å². The molecule has 4 heterocycles. The second kappa shape index (κ2) is 11.6. The van der Waals surface area contributed by atoms with E-state index in [4.69, 9.17) is 9.47 Å². The zero-order valence-electron chi connectivity index (χ0n) is 24.3. The van der Waals surface area contributed by atoms with Crippen LogP contribution in [0, 0.1) is 11.8 Å². The van der Waals surface area contributed by atoms with E-state index in [1.165, 1.54) is 4.90 Å². The summed E-state index contributed by atoms with van der Waals surface area (Å²) in [6.07, 6.45) is 4.52. The summed E-state index contributed by atoms with van der Waals surface area (Å²) in [5.74, 6) is -3.71. The quantitative estimate of drug-likeness (QED) is 0.383. The number of amides is 3. The fourth-order valence-electron chi connectivity index (χ4n) is 6.53. The Morgan fingerprint density at radius 2 is 1.83 bits per heavy atom. The Morgan fingerprint density at radius 3 is 2.50 bits per heavy atom. The first-order valence-electron chi connectivity index (χ1n) is 14.4. The second-order valence-electron chi connectivity index (χ2n) is 12.4. The van der Waals surface area contributed by atoms with Gasteiger partial charge in [-0.3, -0.25) is 19.2 Å². The lowest BCUT2D eigenvalue weighted by molar-refractivity contribution is -0.160. The van der Waals surface area contributed by atoms with E-state index in [0.29, 0.717) is 16.5 Å². The molecule has 4 aliphatic rings. The van der Waals surface area contributed by atoms with Crippen molar-refractivity contribution in [3.05, 3.63) is 58.6 Å². The molecule has 7 atom stereocenters. The topological polar surface area (TPSA) is 125 Å². The Morgan fingerprint density at radius 1 is 1.12 bits per heavy atom. The largest absolute Gasteiger partial charge is 0.455 e. The molecule has 0 aromatic heterocycles. The number of nitrogens with one attached hydrogen (secondary N) is 1. The van der Waals surface area contributed by atoms with Crippen molar-refractivity contribution >= 4 is 39.6 Å². The van der Waals surface area contributed by atoms with Gasteiger partial charge < -0.3 is 29.7 Å². The van der Waals surface area contributed by atoms with Crippen LogP contribution in [0.15, 0.2) is 53.0 Å². The Balaban J connectivity index is 1.62. The number of aliphatic hydroxyl groups excluding tert-OH is 1. The van der Waals surface area contributed by atoms with Gasteiger partial charge in [0.05, 0.1) is 25.1 Å². The highest BCUT2D eigenvalue weighted by Gasteiger charge is 2.75. The summed E-state index contributed by atoms with van der Waals surface area (Å²) in [4.78, 5) is 58.5. The van der Waals surface area contributed by atoms with Crippen molar-refractivity contribution in [2.24, 2.45) is 11.8 Å². The summed E-state index contributed by atoms with van der Waals surface area (Å²) >= 11 is 3.55. The lowest BCUT2D eigenvalue weighted by atomic mass is 9.74. The summed E-state index contributed by atoms with van der Waals surface area (Å²) in [6.45, 7) is 7.33. The lowest BCUT2D eigenvalue weighted by Gasteiger charge is -2.42. The zero-order valence-corrected chi connectivity index (χ0v) is 25.9. The minimum Gasteiger partial charge on any atom is -0.455 e. The molecule has 1 aromatic carbocycles. The molecule has 5 bridgehead atoms. The first-order chi connectivity index (χ1) is 19.9. The average molecular weight is 645 g/mol. The number of likely N-dealkylation sites (tertiary alicyclic amines) is 1. The van der Waals surface area contributed by atoms with Crippen molar-refractivity contribution in [1.29, 1.82) is 0 Å². The molecule has 3 amide bonds. The Labute approximate surface area is 254 Å². The summed E-state index contributed by atoms with van der Waals surface area (Å²) in [5, 5.41) is 13.0. The van der Waals surface area contributed by atoms with Gasteiger partial charge in [-0.15, -0.1) is 0 Å². The molecule has 2 saturated heterocycles. The van der Waals surface area contributed by atoms with E-state index in [-0.39, 0.29) is 37.9 Å². The molecule has 0 aliphatic carbocycles. The fourth-order valence-corrected chi connectivity index (χ4v) is 7.27. The minimum absolute atomic E-state index is 0.0594. The van der Waals surface area contributed by atoms with Gasteiger partial charge >= 0.3 is 5.97 Å². The molecule has 0 saturated carbocycles. The van der Waals surface area contributed by atoms with Gasteiger partial charge in [0.2, 0.25) is 17.7 Å². The van der Waals surface area contributed by atoms with E-state index in [2.05, 4.69) is 21.2 Å². The molecule has 11 heteroatoms. The third-order valence-electron chi connectivity index (χ3n) is 8.59. The first kappa shape index (κ1) is 30.4. The molecule has 0 unspecified atom stereocenters. The Bertz CT molecular complexity index is 1310. The maximum atomic E-state index is 14.5. The second-order valence-corrected chi connectivity index (χ2v) is 13.3. The van der Waals surface area contributed by atoms with Gasteiger partial charge in [-0.05, 0) is 45.8 Å². The number of nitrogens with zero attached hydrogens (tertiary/aromatic N) is 2. The molecule has 5 rings (SSSR count). The SMILES string of the molecule is C[C@H](CO)N1C(=O)[C@H]2[C@@H]3C(=O)O[C@H](c4ccccc4)CNC(=O)CC/C=C\CN(C(C)(C)C)C(=O)[C@H]1[C@@]21C=C(Br)[C@@H]3O1. The first-order valence-corrected chi connectivity index (χ1v) is 15.2. The molecule has 1 aromatic rings. The van der Waals surface area contributed by atoms with E-state index >= 15 is 0 Å². The zero-order chi connectivity index (χ0) is 30.4. The number of cyclic esters (lactones) is 1. The number of ether oxygens (including phenoxy) is 2. The highest BCUT2D eigenvalue weighted by Crippen LogP contribution is 2.59. The smallest absolute Gasteiger partial charge is 0.313 e. The van der Waals surface area contributed by atoms with Crippen molar-refractivity contribution in [2.75, 3.05) is 19.7 Å². The molecule has 2 N–H and O–H groups in total. The Hall–Kier alpha value is -3.02. The van der Waals surface area contributed by atoms with Gasteiger partial charge in [0.1, 0.15) is 29.8 Å². The van der Waals surface area contributed by atoms with Gasteiger partial charge in [-0.2, -0.15) is 0 Å². The predicted molar refractivity (Wildman–Crippen MR) is 157 cm³/mol. The van der Waals surface area contributed by atoms with E-state index in [0.717, 1.165) is 0 Å². The number of benzene rings is 1. The number of esters is 1. The third-order valence-corrected chi connectivity index (χ3v) is 9.27. The van der Waals surface area contributed by atoms with Crippen LogP contribution >= 0.6 is 15.9 Å². The average Bonchev–Trinajstić information content (AvgIpc) is 3.54. The highest BCUT2D eigenvalue weighted by atomic mass is 79.9. The normalized spacial score (nSPS) is 33.7. The standard InChI is InChI=1S/C31H38BrN3O7/c1-18(17-36)35-26-28(39)34(30(2,3)4)14-10-6-9-13-22(37)33-16-21(19-11-7-5-8-12-19)41-29(40)23-24(27(35)38)31(26)15-20(32)25(23)42-31/h5-8,10-12,15,18,21,23-26,36H,9,13-14,16-17H2,1-4H3,(H,33,37)/b10-6-/t18-,21+,23+,24-,25+,26+,31-/m1/s1. The van der Waals surface area contributed by atoms with Crippen LogP contribution in [0.5, 0.6) is 0 Å². The van der Waals surface area contributed by atoms with Crippen LogP contribution in [0.25, 0.3) is 0 Å². The van der Waals surface area contributed by atoms with Gasteiger partial charge in [-0.1, -0.05) is 58.4 Å². The van der Waals surface area contributed by atoms with Gasteiger partial charge in [0.15, 0.2) is 0 Å². The summed E-state index contributed by atoms with van der Waals surface area (Å²) < 4.78 is 13.1. The van der Waals surface area contributed by atoms with Gasteiger partial charge in [-0.25, -0.2) is 0 Å². The highest BCUT2D eigenvalue weighted by molar-refractivity contribution is 9.11. The van der Waals surface area contributed by atoms with Crippen molar-refractivity contribution in [1.82, 2.24) is 15.1 Å². The predicted octanol–water partition coefficient (Wildman–Crippen LogP) is 2.62. The maximum Gasteiger partial charge on any atom is 0.313 e. The van der Waals surface area contributed by atoms with E-state index in [1.54, 1.807) is 17.9 Å². The van der Waals surface area contributed by atoms with Crippen LogP contribution in [0.3, 0.4) is 0 Å². The molecule has 2 fully saturated rings. The molecule has 226 valence electrons. The number of hydrogen-bond donors (Lipinski definition) is 2. The number of hydrogen-bond acceptors (Lipinski definition) is 7. The minimum atomic E-state index is -1.43. The molecule has 10 nitrogen and oxygen atoms in total. The fraction of sp³-hybridized carbons (Fsp3) is 0.548. The molecular weight excluding hydrogens is 606 g/mol. The number of carbonyl (C=O) groups is 4. The number of halogens is 1. The number of rotatable bonds is 3. The molecule has 1 spiro atoms. The van der Waals surface area contributed by atoms with Gasteiger partial charge in [0, 0.05) is 23.0 Å². The van der Waals surface area contributed by atoms with Crippen molar-refractivity contribution in [3.8, 4) is 0 Å². The summed E-state index contributed by atoms with van der Waals surface area (Å²) in [7, 11) is 0. The number of carbonyl (C=O) groups excluding carboxylic acids is 4. The van der Waals surface area contributed by atoms with Crippen LogP contribution in [0.1, 0.15) is 52.2 Å².